The van der Waals surface area contributed by atoms with Gasteiger partial charge in [0.2, 0.25) is 0 Å². The van der Waals surface area contributed by atoms with E-state index in [4.69, 9.17) is 9.47 Å². The third kappa shape index (κ3) is 2.77. The van der Waals surface area contributed by atoms with E-state index >= 15 is 0 Å². The van der Waals surface area contributed by atoms with Crippen LogP contribution in [0.3, 0.4) is 0 Å². The zero-order chi connectivity index (χ0) is 16.6. The molecular weight excluding hydrogens is 426 g/mol. The maximum Gasteiger partial charge on any atom is 0.198 e. The van der Waals surface area contributed by atoms with Gasteiger partial charge < -0.3 is 14.5 Å². The minimum Gasteiger partial charge on any atom is -0.497 e. The average Bonchev–Trinajstić information content (AvgIpc) is 2.55. The largest absolute Gasteiger partial charge is 0.497 e. The summed E-state index contributed by atoms with van der Waals surface area (Å²) < 4.78 is 11.9. The van der Waals surface area contributed by atoms with Crippen molar-refractivity contribution in [1.29, 1.82) is 0 Å². The van der Waals surface area contributed by atoms with Gasteiger partial charge in [0.15, 0.2) is 5.43 Å². The monoisotopic (exact) mass is 437 g/mol. The van der Waals surface area contributed by atoms with E-state index < -0.39 is 0 Å². The van der Waals surface area contributed by atoms with Gasteiger partial charge in [-0.05, 0) is 55.6 Å². The molecule has 0 aliphatic carbocycles. The Morgan fingerprint density at radius 2 is 1.74 bits per heavy atom. The molecule has 0 saturated carbocycles. The molecule has 0 unspecified atom stereocenters. The van der Waals surface area contributed by atoms with E-state index in [-0.39, 0.29) is 5.43 Å². The van der Waals surface area contributed by atoms with E-state index in [1.54, 1.807) is 20.4 Å². The normalized spacial score (nSPS) is 10.8. The highest BCUT2D eigenvalue weighted by molar-refractivity contribution is 9.11. The fourth-order valence-corrected chi connectivity index (χ4v) is 4.08. The molecule has 1 aromatic heterocycles. The molecular formula is C17H13Br2NO3. The average molecular weight is 439 g/mol. The van der Waals surface area contributed by atoms with Gasteiger partial charge in [0.1, 0.15) is 11.5 Å². The van der Waals surface area contributed by atoms with Crippen molar-refractivity contribution in [3.63, 3.8) is 0 Å². The Kier molecular flexibility index (Phi) is 4.46. The quantitative estimate of drug-likeness (QED) is 0.642. The van der Waals surface area contributed by atoms with Crippen molar-refractivity contribution in [3.8, 4) is 22.6 Å². The molecule has 4 nitrogen and oxygen atoms in total. The van der Waals surface area contributed by atoms with Crippen LogP contribution in [0.2, 0.25) is 0 Å². The van der Waals surface area contributed by atoms with E-state index in [0.717, 1.165) is 21.3 Å². The number of aromatic amines is 1. The maximum absolute atomic E-state index is 12.9. The van der Waals surface area contributed by atoms with Gasteiger partial charge in [0, 0.05) is 11.8 Å². The summed E-state index contributed by atoms with van der Waals surface area (Å²) in [5.41, 5.74) is 2.07. The topological polar surface area (TPSA) is 51.3 Å². The molecule has 6 heteroatoms. The van der Waals surface area contributed by atoms with Crippen molar-refractivity contribution in [2.24, 2.45) is 0 Å². The highest BCUT2D eigenvalue weighted by atomic mass is 79.9. The van der Waals surface area contributed by atoms with Gasteiger partial charge in [0.05, 0.1) is 34.1 Å². The lowest BCUT2D eigenvalue weighted by atomic mass is 10.0. The molecule has 0 saturated heterocycles. The number of halogens is 2. The number of rotatable bonds is 3. The standard InChI is InChI=1S/C17H13Br2NO3/c1-22-10-5-3-9(4-6-10)11-8-20-13-7-12(18)17(23-2)15(19)14(13)16(11)21/h3-8H,1-2H3,(H,20,21). The molecule has 2 aromatic carbocycles. The second-order valence-electron chi connectivity index (χ2n) is 4.89. The second kappa shape index (κ2) is 6.37. The summed E-state index contributed by atoms with van der Waals surface area (Å²) in [4.78, 5) is 16.1. The molecule has 0 atom stereocenters. The minimum absolute atomic E-state index is 0.0680. The summed E-state index contributed by atoms with van der Waals surface area (Å²) in [5, 5.41) is 0.554. The third-order valence-electron chi connectivity index (χ3n) is 3.63. The Hall–Kier alpha value is -1.79. The molecule has 0 aliphatic heterocycles. The summed E-state index contributed by atoms with van der Waals surface area (Å²) in [6.45, 7) is 0. The summed E-state index contributed by atoms with van der Waals surface area (Å²) >= 11 is 6.92. The van der Waals surface area contributed by atoms with E-state index in [2.05, 4.69) is 36.8 Å². The van der Waals surface area contributed by atoms with Gasteiger partial charge in [0.25, 0.3) is 0 Å². The molecule has 3 rings (SSSR count). The molecule has 118 valence electrons. The molecule has 0 bridgehead atoms. The number of H-pyrrole nitrogens is 1. The van der Waals surface area contributed by atoms with Crippen LogP contribution in [0, 0.1) is 0 Å². The number of hydrogen-bond acceptors (Lipinski definition) is 3. The van der Waals surface area contributed by atoms with Gasteiger partial charge in [-0.1, -0.05) is 12.1 Å². The SMILES string of the molecule is COc1ccc(-c2c[nH]c3cc(Br)c(OC)c(Br)c3c2=O)cc1. The second-order valence-corrected chi connectivity index (χ2v) is 6.54. The molecule has 1 heterocycles. The number of hydrogen-bond donors (Lipinski definition) is 1. The van der Waals surface area contributed by atoms with Crippen LogP contribution in [-0.4, -0.2) is 19.2 Å². The third-order valence-corrected chi connectivity index (χ3v) is 4.97. The maximum atomic E-state index is 12.9. The van der Waals surface area contributed by atoms with Crippen LogP contribution < -0.4 is 14.9 Å². The lowest BCUT2D eigenvalue weighted by Crippen LogP contribution is -2.08. The molecule has 23 heavy (non-hydrogen) atoms. The molecule has 1 N–H and O–H groups in total. The van der Waals surface area contributed by atoms with Gasteiger partial charge in [-0.15, -0.1) is 0 Å². The zero-order valence-electron chi connectivity index (χ0n) is 12.4. The predicted molar refractivity (Wildman–Crippen MR) is 98.5 cm³/mol. The van der Waals surface area contributed by atoms with Crippen LogP contribution >= 0.6 is 31.9 Å². The van der Waals surface area contributed by atoms with Crippen LogP contribution in [0.25, 0.3) is 22.0 Å². The minimum atomic E-state index is -0.0680. The number of aromatic nitrogens is 1. The van der Waals surface area contributed by atoms with Crippen molar-refractivity contribution < 1.29 is 9.47 Å². The van der Waals surface area contributed by atoms with Gasteiger partial charge >= 0.3 is 0 Å². The summed E-state index contributed by atoms with van der Waals surface area (Å²) in [6, 6.07) is 9.21. The van der Waals surface area contributed by atoms with E-state index in [0.29, 0.717) is 21.2 Å². The Morgan fingerprint density at radius 1 is 1.04 bits per heavy atom. The van der Waals surface area contributed by atoms with E-state index in [9.17, 15) is 4.79 Å². The molecule has 0 spiro atoms. The smallest absolute Gasteiger partial charge is 0.198 e. The van der Waals surface area contributed by atoms with Crippen molar-refractivity contribution in [2.45, 2.75) is 0 Å². The Morgan fingerprint density at radius 3 is 2.35 bits per heavy atom. The molecule has 3 aromatic rings. The van der Waals surface area contributed by atoms with Crippen LogP contribution in [-0.2, 0) is 0 Å². The fraction of sp³-hybridized carbons (Fsp3) is 0.118. The Labute approximate surface area is 149 Å². The molecule has 0 fully saturated rings. The van der Waals surface area contributed by atoms with Crippen LogP contribution in [0.15, 0.2) is 50.3 Å². The number of pyridine rings is 1. The van der Waals surface area contributed by atoms with Crippen molar-refractivity contribution in [3.05, 3.63) is 55.7 Å². The molecule has 0 amide bonds. The number of ether oxygens (including phenoxy) is 2. The summed E-state index contributed by atoms with van der Waals surface area (Å²) in [6.07, 6.45) is 1.72. The predicted octanol–water partition coefficient (Wildman–Crippen LogP) is 4.74. The first-order chi connectivity index (χ1) is 11.1. The summed E-state index contributed by atoms with van der Waals surface area (Å²) in [5.74, 6) is 1.34. The fourth-order valence-electron chi connectivity index (χ4n) is 2.46. The number of fused-ring (bicyclic) bond motifs is 1. The van der Waals surface area contributed by atoms with Gasteiger partial charge in [-0.3, -0.25) is 4.79 Å². The van der Waals surface area contributed by atoms with Gasteiger partial charge in [-0.2, -0.15) is 0 Å². The number of nitrogens with one attached hydrogen (secondary N) is 1. The molecule has 0 aliphatic rings. The van der Waals surface area contributed by atoms with Crippen molar-refractivity contribution in [2.75, 3.05) is 14.2 Å². The molecule has 0 radical (unpaired) electrons. The van der Waals surface area contributed by atoms with Crippen LogP contribution in [0.5, 0.6) is 11.5 Å². The van der Waals surface area contributed by atoms with E-state index in [1.165, 1.54) is 0 Å². The highest BCUT2D eigenvalue weighted by Crippen LogP contribution is 2.38. The lowest BCUT2D eigenvalue weighted by molar-refractivity contribution is 0.410. The summed E-state index contributed by atoms with van der Waals surface area (Å²) in [7, 11) is 3.18. The first-order valence-corrected chi connectivity index (χ1v) is 8.37. The Bertz CT molecular complexity index is 933. The van der Waals surface area contributed by atoms with E-state index in [1.807, 2.05) is 30.3 Å². The lowest BCUT2D eigenvalue weighted by Gasteiger charge is -2.11. The first kappa shape index (κ1) is 16.1. The number of benzene rings is 2. The van der Waals surface area contributed by atoms with Crippen molar-refractivity contribution in [1.82, 2.24) is 4.98 Å². The van der Waals surface area contributed by atoms with Gasteiger partial charge in [-0.25, -0.2) is 0 Å². The van der Waals surface area contributed by atoms with Crippen molar-refractivity contribution >= 4 is 42.8 Å². The highest BCUT2D eigenvalue weighted by Gasteiger charge is 2.16. The first-order valence-electron chi connectivity index (χ1n) is 6.78. The van der Waals surface area contributed by atoms with Crippen LogP contribution in [0.1, 0.15) is 0 Å². The zero-order valence-corrected chi connectivity index (χ0v) is 15.6. The number of methoxy groups -OCH3 is 2. The van der Waals surface area contributed by atoms with Crippen LogP contribution in [0.4, 0.5) is 0 Å². The Balaban J connectivity index is 2.27.